The van der Waals surface area contributed by atoms with Crippen LogP contribution >= 0.6 is 0 Å². The van der Waals surface area contributed by atoms with E-state index in [2.05, 4.69) is 33.0 Å². The molecule has 0 radical (unpaired) electrons. The van der Waals surface area contributed by atoms with E-state index in [0.717, 1.165) is 31.6 Å². The van der Waals surface area contributed by atoms with E-state index in [1.807, 2.05) is 0 Å². The highest BCUT2D eigenvalue weighted by molar-refractivity contribution is 5.84. The third kappa shape index (κ3) is 2.62. The second-order valence-electron chi connectivity index (χ2n) is 9.79. The minimum atomic E-state index is -0.184. The Morgan fingerprint density at radius 3 is 2.19 bits per heavy atom. The van der Waals surface area contributed by atoms with Crippen LogP contribution in [0.5, 0.6) is 0 Å². The Labute approximate surface area is 129 Å². The molecule has 4 fully saturated rings. The number of hydrogen-bond acceptors (Lipinski definition) is 2. The van der Waals surface area contributed by atoms with Gasteiger partial charge < -0.3 is 11.1 Å². The molecule has 2 atom stereocenters. The summed E-state index contributed by atoms with van der Waals surface area (Å²) in [6.07, 6.45) is 8.13. The standard InChI is InChI=1S/C18H32N2O/c1-15(2,5-6-19)20-14(21)18-9-13-7-16(3,11-18)10-17(4,8-13)12-18/h13H,5-12,19H2,1-4H3,(H,20,21). The number of amides is 1. The van der Waals surface area contributed by atoms with Crippen molar-refractivity contribution in [3.05, 3.63) is 0 Å². The number of nitrogens with one attached hydrogen (secondary N) is 1. The summed E-state index contributed by atoms with van der Waals surface area (Å²) in [5.74, 6) is 1.07. The molecule has 0 spiro atoms. The molecule has 4 aliphatic rings. The van der Waals surface area contributed by atoms with Gasteiger partial charge in [-0.2, -0.15) is 0 Å². The molecule has 0 aromatic heterocycles. The maximum atomic E-state index is 13.1. The Bertz CT molecular complexity index is 438. The quantitative estimate of drug-likeness (QED) is 0.836. The van der Waals surface area contributed by atoms with E-state index in [-0.39, 0.29) is 11.0 Å². The van der Waals surface area contributed by atoms with Crippen LogP contribution in [0.15, 0.2) is 0 Å². The SMILES string of the molecule is CC12CC3CC(C)(C1)CC(C(=O)NC(C)(C)CCN)(C3)C2. The molecule has 3 nitrogen and oxygen atoms in total. The summed E-state index contributed by atoms with van der Waals surface area (Å²) in [5.41, 5.74) is 6.19. The zero-order valence-corrected chi connectivity index (χ0v) is 14.2. The average molecular weight is 292 g/mol. The van der Waals surface area contributed by atoms with Gasteiger partial charge in [0.05, 0.1) is 5.41 Å². The maximum Gasteiger partial charge on any atom is 0.226 e. The number of carbonyl (C=O) groups excluding carboxylic acids is 1. The van der Waals surface area contributed by atoms with Crippen LogP contribution in [0.2, 0.25) is 0 Å². The molecule has 0 aromatic carbocycles. The Balaban J connectivity index is 1.83. The fraction of sp³-hybridized carbons (Fsp3) is 0.944. The molecule has 0 aromatic rings. The molecule has 3 N–H and O–H groups in total. The van der Waals surface area contributed by atoms with E-state index in [0.29, 0.717) is 23.3 Å². The zero-order valence-electron chi connectivity index (χ0n) is 14.2. The summed E-state index contributed by atoms with van der Waals surface area (Å²) in [7, 11) is 0. The van der Waals surface area contributed by atoms with Gasteiger partial charge >= 0.3 is 0 Å². The van der Waals surface area contributed by atoms with E-state index in [4.69, 9.17) is 5.73 Å². The summed E-state index contributed by atoms with van der Waals surface area (Å²) < 4.78 is 0. The molecule has 4 saturated carbocycles. The van der Waals surface area contributed by atoms with Crippen molar-refractivity contribution in [2.75, 3.05) is 6.54 Å². The highest BCUT2D eigenvalue weighted by atomic mass is 16.2. The van der Waals surface area contributed by atoms with E-state index in [1.54, 1.807) is 0 Å². The van der Waals surface area contributed by atoms with Crippen LogP contribution in [0, 0.1) is 22.2 Å². The number of nitrogens with two attached hydrogens (primary N) is 1. The summed E-state index contributed by atoms with van der Waals surface area (Å²) in [6, 6.07) is 0. The lowest BCUT2D eigenvalue weighted by Gasteiger charge is -2.64. The van der Waals surface area contributed by atoms with Crippen LogP contribution in [-0.2, 0) is 4.79 Å². The van der Waals surface area contributed by atoms with Crippen LogP contribution < -0.4 is 11.1 Å². The van der Waals surface area contributed by atoms with Crippen LogP contribution in [0.25, 0.3) is 0 Å². The zero-order chi connectivity index (χ0) is 15.5. The molecule has 4 bridgehead atoms. The Hall–Kier alpha value is -0.570. The molecule has 1 amide bonds. The first-order valence-electron chi connectivity index (χ1n) is 8.62. The van der Waals surface area contributed by atoms with Crippen molar-refractivity contribution in [3.8, 4) is 0 Å². The van der Waals surface area contributed by atoms with E-state index < -0.39 is 0 Å². The Morgan fingerprint density at radius 1 is 1.14 bits per heavy atom. The van der Waals surface area contributed by atoms with Crippen molar-refractivity contribution in [3.63, 3.8) is 0 Å². The van der Waals surface area contributed by atoms with E-state index in [1.165, 1.54) is 19.3 Å². The van der Waals surface area contributed by atoms with Crippen LogP contribution in [0.1, 0.15) is 72.6 Å². The lowest BCUT2D eigenvalue weighted by molar-refractivity contribution is -0.171. The fourth-order valence-corrected chi connectivity index (χ4v) is 6.56. The van der Waals surface area contributed by atoms with Crippen molar-refractivity contribution < 1.29 is 4.79 Å². The molecule has 4 aliphatic carbocycles. The summed E-state index contributed by atoms with van der Waals surface area (Å²) in [5, 5.41) is 3.33. The minimum absolute atomic E-state index is 0.102. The second kappa shape index (κ2) is 4.47. The van der Waals surface area contributed by atoms with E-state index >= 15 is 0 Å². The molecule has 4 rings (SSSR count). The highest BCUT2D eigenvalue weighted by Gasteiger charge is 2.62. The summed E-state index contributed by atoms with van der Waals surface area (Å²) in [6.45, 7) is 9.66. The summed E-state index contributed by atoms with van der Waals surface area (Å²) >= 11 is 0. The average Bonchev–Trinajstić information content (AvgIpc) is 2.22. The first-order valence-corrected chi connectivity index (χ1v) is 8.62. The fourth-order valence-electron chi connectivity index (χ4n) is 6.56. The first kappa shape index (κ1) is 15.3. The summed E-state index contributed by atoms with van der Waals surface area (Å²) in [4.78, 5) is 13.1. The molecule has 0 saturated heterocycles. The Kier molecular flexibility index (Phi) is 3.26. The molecule has 3 heteroatoms. The van der Waals surface area contributed by atoms with Gasteiger partial charge in [0.2, 0.25) is 5.91 Å². The topological polar surface area (TPSA) is 55.1 Å². The maximum absolute atomic E-state index is 13.1. The predicted molar refractivity (Wildman–Crippen MR) is 85.7 cm³/mol. The lowest BCUT2D eigenvalue weighted by atomic mass is 9.40. The molecule has 2 unspecified atom stereocenters. The van der Waals surface area contributed by atoms with Gasteiger partial charge in [-0.1, -0.05) is 13.8 Å². The van der Waals surface area contributed by atoms with Gasteiger partial charge in [-0.3, -0.25) is 4.79 Å². The highest BCUT2D eigenvalue weighted by Crippen LogP contribution is 2.69. The van der Waals surface area contributed by atoms with Crippen molar-refractivity contribution in [2.45, 2.75) is 78.2 Å². The second-order valence-corrected chi connectivity index (χ2v) is 9.79. The number of hydrogen-bond donors (Lipinski definition) is 2. The van der Waals surface area contributed by atoms with Gasteiger partial charge in [0, 0.05) is 5.54 Å². The van der Waals surface area contributed by atoms with E-state index in [9.17, 15) is 4.79 Å². The van der Waals surface area contributed by atoms with Gasteiger partial charge in [-0.25, -0.2) is 0 Å². The van der Waals surface area contributed by atoms with Crippen molar-refractivity contribution in [1.82, 2.24) is 5.32 Å². The largest absolute Gasteiger partial charge is 0.351 e. The molecular formula is C18H32N2O. The molecule has 0 heterocycles. The molecule has 21 heavy (non-hydrogen) atoms. The molecule has 120 valence electrons. The van der Waals surface area contributed by atoms with Gasteiger partial charge in [-0.15, -0.1) is 0 Å². The van der Waals surface area contributed by atoms with Crippen LogP contribution in [0.3, 0.4) is 0 Å². The van der Waals surface area contributed by atoms with Crippen LogP contribution in [0.4, 0.5) is 0 Å². The van der Waals surface area contributed by atoms with Gasteiger partial charge in [0.15, 0.2) is 0 Å². The Morgan fingerprint density at radius 2 is 1.71 bits per heavy atom. The van der Waals surface area contributed by atoms with Crippen molar-refractivity contribution in [2.24, 2.45) is 27.9 Å². The smallest absolute Gasteiger partial charge is 0.226 e. The number of carbonyl (C=O) groups is 1. The molecular weight excluding hydrogens is 260 g/mol. The predicted octanol–water partition coefficient (Wildman–Crippen LogP) is 3.23. The molecule has 0 aliphatic heterocycles. The third-order valence-corrected chi connectivity index (χ3v) is 6.33. The number of rotatable bonds is 4. The monoisotopic (exact) mass is 292 g/mol. The first-order chi connectivity index (χ1) is 9.60. The minimum Gasteiger partial charge on any atom is -0.351 e. The van der Waals surface area contributed by atoms with Crippen molar-refractivity contribution >= 4 is 5.91 Å². The van der Waals surface area contributed by atoms with Crippen molar-refractivity contribution in [1.29, 1.82) is 0 Å². The lowest BCUT2D eigenvalue weighted by Crippen LogP contribution is -2.62. The normalized spacial score (nSPS) is 44.9. The van der Waals surface area contributed by atoms with Gasteiger partial charge in [0.1, 0.15) is 0 Å². The van der Waals surface area contributed by atoms with Crippen LogP contribution in [-0.4, -0.2) is 18.0 Å². The third-order valence-electron chi connectivity index (χ3n) is 6.33. The van der Waals surface area contributed by atoms with Gasteiger partial charge in [-0.05, 0) is 82.1 Å². The van der Waals surface area contributed by atoms with Gasteiger partial charge in [0.25, 0.3) is 0 Å².